The van der Waals surface area contributed by atoms with Crippen LogP contribution >= 0.6 is 0 Å². The van der Waals surface area contributed by atoms with Gasteiger partial charge in [-0.25, -0.2) is 8.78 Å². The Kier molecular flexibility index (Phi) is 5.67. The number of nitrogens with one attached hydrogen (secondary N) is 1. The third-order valence-electron chi connectivity index (χ3n) is 4.19. The predicted molar refractivity (Wildman–Crippen MR) is 77.6 cm³/mol. The topological polar surface area (TPSA) is 55.1 Å². The lowest BCUT2D eigenvalue weighted by atomic mass is 9.84. The average molecular weight is 296 g/mol. The normalized spacial score (nSPS) is 22.0. The lowest BCUT2D eigenvalue weighted by Gasteiger charge is -2.31. The second-order valence-electron chi connectivity index (χ2n) is 5.69. The fraction of sp³-hybridized carbons (Fsp3) is 0.562. The fourth-order valence-electron chi connectivity index (χ4n) is 2.94. The zero-order valence-electron chi connectivity index (χ0n) is 12.1. The Labute approximate surface area is 123 Å². The Morgan fingerprint density at radius 3 is 2.81 bits per heavy atom. The van der Waals surface area contributed by atoms with E-state index in [1.165, 1.54) is 0 Å². The number of rotatable bonds is 5. The quantitative estimate of drug-likeness (QED) is 0.877. The van der Waals surface area contributed by atoms with E-state index in [1.54, 1.807) is 0 Å². The van der Waals surface area contributed by atoms with Crippen molar-refractivity contribution >= 4 is 5.91 Å². The van der Waals surface area contributed by atoms with E-state index >= 15 is 0 Å². The molecule has 0 bridgehead atoms. The van der Waals surface area contributed by atoms with E-state index in [2.05, 4.69) is 5.32 Å². The zero-order valence-corrected chi connectivity index (χ0v) is 12.1. The van der Waals surface area contributed by atoms with Crippen LogP contribution in [0.1, 0.15) is 37.7 Å². The summed E-state index contributed by atoms with van der Waals surface area (Å²) in [5, 5.41) is 2.99. The Morgan fingerprint density at radius 2 is 2.05 bits per heavy atom. The van der Waals surface area contributed by atoms with Crippen LogP contribution in [0.15, 0.2) is 18.2 Å². The zero-order chi connectivity index (χ0) is 15.2. The maximum atomic E-state index is 13.5. The molecule has 0 radical (unpaired) electrons. The minimum atomic E-state index is -0.484. The van der Waals surface area contributed by atoms with Gasteiger partial charge in [0.2, 0.25) is 5.91 Å². The number of carbonyl (C=O) groups excluding carboxylic acids is 1. The SMILES string of the molecule is NCC1CCCCC1NC(=O)CCc1cc(F)ccc1F. The molecule has 2 unspecified atom stereocenters. The van der Waals surface area contributed by atoms with E-state index < -0.39 is 11.6 Å². The molecular formula is C16H22F2N2O. The third-order valence-corrected chi connectivity index (χ3v) is 4.19. The summed E-state index contributed by atoms with van der Waals surface area (Å²) >= 11 is 0. The molecule has 1 aromatic carbocycles. The smallest absolute Gasteiger partial charge is 0.220 e. The van der Waals surface area contributed by atoms with Gasteiger partial charge < -0.3 is 11.1 Å². The molecule has 5 heteroatoms. The highest BCUT2D eigenvalue weighted by atomic mass is 19.1. The standard InChI is InChI=1S/C16H22F2N2O/c17-13-6-7-14(18)11(9-13)5-8-16(21)20-15-4-2-1-3-12(15)10-19/h6-7,9,12,15H,1-5,8,10,19H2,(H,20,21). The molecule has 1 fully saturated rings. The van der Waals surface area contributed by atoms with Crippen molar-refractivity contribution in [1.29, 1.82) is 0 Å². The fourth-order valence-corrected chi connectivity index (χ4v) is 2.94. The minimum Gasteiger partial charge on any atom is -0.353 e. The van der Waals surface area contributed by atoms with Gasteiger partial charge in [-0.3, -0.25) is 4.79 Å². The first-order chi connectivity index (χ1) is 10.1. The van der Waals surface area contributed by atoms with Crippen LogP contribution in [-0.2, 0) is 11.2 Å². The van der Waals surface area contributed by atoms with Crippen molar-refractivity contribution in [2.45, 2.75) is 44.6 Å². The first kappa shape index (κ1) is 15.9. The van der Waals surface area contributed by atoms with Crippen molar-refractivity contribution in [3.05, 3.63) is 35.4 Å². The van der Waals surface area contributed by atoms with Crippen LogP contribution in [0.5, 0.6) is 0 Å². The molecule has 3 nitrogen and oxygen atoms in total. The van der Waals surface area contributed by atoms with Gasteiger partial charge in [-0.2, -0.15) is 0 Å². The van der Waals surface area contributed by atoms with Crippen LogP contribution in [0.25, 0.3) is 0 Å². The molecule has 3 N–H and O–H groups in total. The van der Waals surface area contributed by atoms with Crippen LogP contribution in [0.2, 0.25) is 0 Å². The number of nitrogens with two attached hydrogens (primary N) is 1. The molecule has 1 aliphatic rings. The van der Waals surface area contributed by atoms with Gasteiger partial charge in [0, 0.05) is 12.5 Å². The van der Waals surface area contributed by atoms with Crippen LogP contribution in [0.4, 0.5) is 8.78 Å². The van der Waals surface area contributed by atoms with E-state index in [4.69, 9.17) is 5.73 Å². The van der Waals surface area contributed by atoms with Gasteiger partial charge in [-0.05, 0) is 55.5 Å². The monoisotopic (exact) mass is 296 g/mol. The van der Waals surface area contributed by atoms with Gasteiger partial charge in [0.15, 0.2) is 0 Å². The highest BCUT2D eigenvalue weighted by molar-refractivity contribution is 5.76. The molecule has 1 saturated carbocycles. The number of benzene rings is 1. The summed E-state index contributed by atoms with van der Waals surface area (Å²) in [6.07, 6.45) is 4.61. The summed E-state index contributed by atoms with van der Waals surface area (Å²) in [5.74, 6) is -0.749. The summed E-state index contributed by atoms with van der Waals surface area (Å²) in [5.41, 5.74) is 5.97. The molecule has 1 aliphatic carbocycles. The van der Waals surface area contributed by atoms with Crippen molar-refractivity contribution in [2.75, 3.05) is 6.54 Å². The Balaban J connectivity index is 1.85. The highest BCUT2D eigenvalue weighted by Crippen LogP contribution is 2.23. The highest BCUT2D eigenvalue weighted by Gasteiger charge is 2.25. The second-order valence-corrected chi connectivity index (χ2v) is 5.69. The first-order valence-electron chi connectivity index (χ1n) is 7.53. The van der Waals surface area contributed by atoms with Crippen molar-refractivity contribution in [1.82, 2.24) is 5.32 Å². The van der Waals surface area contributed by atoms with Gasteiger partial charge in [-0.1, -0.05) is 12.8 Å². The molecule has 2 atom stereocenters. The molecule has 2 rings (SSSR count). The lowest BCUT2D eigenvalue weighted by molar-refractivity contribution is -0.122. The number of halogens is 2. The molecule has 0 heterocycles. The van der Waals surface area contributed by atoms with E-state index in [9.17, 15) is 13.6 Å². The summed E-state index contributed by atoms with van der Waals surface area (Å²) in [7, 11) is 0. The van der Waals surface area contributed by atoms with Crippen LogP contribution in [0, 0.1) is 17.6 Å². The Morgan fingerprint density at radius 1 is 1.29 bits per heavy atom. The predicted octanol–water partition coefficient (Wildman–Crippen LogP) is 2.53. The van der Waals surface area contributed by atoms with E-state index in [0.717, 1.165) is 43.9 Å². The van der Waals surface area contributed by atoms with E-state index in [0.29, 0.717) is 12.5 Å². The number of aryl methyl sites for hydroxylation is 1. The molecular weight excluding hydrogens is 274 g/mol. The van der Waals surface area contributed by atoms with Gasteiger partial charge in [0.1, 0.15) is 11.6 Å². The van der Waals surface area contributed by atoms with Gasteiger partial charge in [0.25, 0.3) is 0 Å². The molecule has 0 aromatic heterocycles. The molecule has 0 aliphatic heterocycles. The number of carbonyl (C=O) groups is 1. The second kappa shape index (κ2) is 7.50. The maximum Gasteiger partial charge on any atom is 0.220 e. The largest absolute Gasteiger partial charge is 0.353 e. The maximum absolute atomic E-state index is 13.5. The molecule has 0 saturated heterocycles. The van der Waals surface area contributed by atoms with Gasteiger partial charge in [0.05, 0.1) is 0 Å². The Bertz CT molecular complexity index is 493. The molecule has 0 spiro atoms. The van der Waals surface area contributed by atoms with Gasteiger partial charge in [-0.15, -0.1) is 0 Å². The summed E-state index contributed by atoms with van der Waals surface area (Å²) < 4.78 is 26.5. The van der Waals surface area contributed by atoms with E-state index in [-0.39, 0.29) is 30.4 Å². The molecule has 116 valence electrons. The van der Waals surface area contributed by atoms with Crippen molar-refractivity contribution in [2.24, 2.45) is 11.7 Å². The van der Waals surface area contributed by atoms with Crippen molar-refractivity contribution < 1.29 is 13.6 Å². The molecule has 21 heavy (non-hydrogen) atoms. The number of hydrogen-bond acceptors (Lipinski definition) is 2. The third kappa shape index (κ3) is 4.49. The Hall–Kier alpha value is -1.49. The summed E-state index contributed by atoms with van der Waals surface area (Å²) in [6, 6.07) is 3.43. The van der Waals surface area contributed by atoms with Gasteiger partial charge >= 0.3 is 0 Å². The molecule has 1 amide bonds. The van der Waals surface area contributed by atoms with Crippen LogP contribution in [-0.4, -0.2) is 18.5 Å². The van der Waals surface area contributed by atoms with Crippen molar-refractivity contribution in [3.63, 3.8) is 0 Å². The summed E-state index contributed by atoms with van der Waals surface area (Å²) in [6.45, 7) is 0.573. The van der Waals surface area contributed by atoms with E-state index in [1.807, 2.05) is 0 Å². The summed E-state index contributed by atoms with van der Waals surface area (Å²) in [4.78, 5) is 12.0. The molecule has 1 aromatic rings. The first-order valence-corrected chi connectivity index (χ1v) is 7.53. The van der Waals surface area contributed by atoms with Crippen LogP contribution in [0.3, 0.4) is 0 Å². The average Bonchev–Trinajstić information content (AvgIpc) is 2.49. The number of hydrogen-bond donors (Lipinski definition) is 2. The lowest BCUT2D eigenvalue weighted by Crippen LogP contribution is -2.44. The van der Waals surface area contributed by atoms with Crippen LogP contribution < -0.4 is 11.1 Å². The number of amides is 1. The minimum absolute atomic E-state index is 0.119. The van der Waals surface area contributed by atoms with Crippen molar-refractivity contribution in [3.8, 4) is 0 Å².